The molecule has 1 aromatic carbocycles. The van der Waals surface area contributed by atoms with Crippen molar-refractivity contribution in [2.24, 2.45) is 0 Å². The molecule has 0 unspecified atom stereocenters. The number of hydrogen-bond donors (Lipinski definition) is 1. The van der Waals surface area contributed by atoms with E-state index >= 15 is 0 Å². The van der Waals surface area contributed by atoms with Gasteiger partial charge in [0.1, 0.15) is 0 Å². The highest BCUT2D eigenvalue weighted by molar-refractivity contribution is 7.91. The van der Waals surface area contributed by atoms with Crippen molar-refractivity contribution in [1.82, 2.24) is 4.57 Å². The van der Waals surface area contributed by atoms with Crippen LogP contribution in [0.2, 0.25) is 0 Å². The summed E-state index contributed by atoms with van der Waals surface area (Å²) in [5.41, 5.74) is 1.83. The molecule has 5 heteroatoms. The maximum absolute atomic E-state index is 11.5. The van der Waals surface area contributed by atoms with E-state index in [1.807, 2.05) is 35.0 Å². The van der Waals surface area contributed by atoms with E-state index in [0.717, 1.165) is 16.5 Å². The Balaban J connectivity index is 2.30. The summed E-state index contributed by atoms with van der Waals surface area (Å²) in [6.45, 7) is 2.11. The van der Waals surface area contributed by atoms with Crippen LogP contribution in [-0.2, 0) is 23.0 Å². The van der Waals surface area contributed by atoms with Gasteiger partial charge in [0.05, 0.1) is 12.4 Å². The van der Waals surface area contributed by atoms with Gasteiger partial charge in [0.2, 0.25) is 0 Å². The summed E-state index contributed by atoms with van der Waals surface area (Å²) >= 11 is 0. The first-order valence-corrected chi connectivity index (χ1v) is 7.77. The standard InChI is InChI=1S/C13H17NO3S/c1-2-18(16,17)9-8-14-7-6-12-11(10-15)4-3-5-13(12)14/h3-7,15H,2,8-10H2,1H3. The zero-order valence-corrected chi connectivity index (χ0v) is 11.2. The van der Waals surface area contributed by atoms with Gasteiger partial charge in [0.25, 0.3) is 0 Å². The van der Waals surface area contributed by atoms with Gasteiger partial charge in [-0.05, 0) is 17.7 Å². The van der Waals surface area contributed by atoms with Gasteiger partial charge in [0, 0.05) is 29.4 Å². The number of sulfone groups is 1. The molecule has 0 saturated heterocycles. The van der Waals surface area contributed by atoms with E-state index in [1.165, 1.54) is 0 Å². The lowest BCUT2D eigenvalue weighted by atomic mass is 10.1. The van der Waals surface area contributed by atoms with Gasteiger partial charge in [-0.25, -0.2) is 8.42 Å². The molecule has 0 bridgehead atoms. The van der Waals surface area contributed by atoms with Crippen LogP contribution in [0.1, 0.15) is 12.5 Å². The first-order chi connectivity index (χ1) is 8.57. The molecular formula is C13H17NO3S. The van der Waals surface area contributed by atoms with Crippen LogP contribution in [0.4, 0.5) is 0 Å². The van der Waals surface area contributed by atoms with Crippen molar-refractivity contribution in [3.05, 3.63) is 36.0 Å². The number of aliphatic hydroxyl groups excluding tert-OH is 1. The molecule has 0 aliphatic heterocycles. The molecule has 1 heterocycles. The molecule has 1 N–H and O–H groups in total. The Morgan fingerprint density at radius 2 is 2.06 bits per heavy atom. The van der Waals surface area contributed by atoms with E-state index in [4.69, 9.17) is 0 Å². The second-order valence-electron chi connectivity index (χ2n) is 4.25. The lowest BCUT2D eigenvalue weighted by molar-refractivity contribution is 0.283. The van der Waals surface area contributed by atoms with Crippen LogP contribution >= 0.6 is 0 Å². The van der Waals surface area contributed by atoms with Crippen LogP contribution in [-0.4, -0.2) is 29.6 Å². The molecule has 0 aliphatic carbocycles. The fourth-order valence-corrected chi connectivity index (χ4v) is 2.77. The third-order valence-corrected chi connectivity index (χ3v) is 4.84. The van der Waals surface area contributed by atoms with Gasteiger partial charge in [-0.2, -0.15) is 0 Å². The average molecular weight is 267 g/mol. The van der Waals surface area contributed by atoms with E-state index in [2.05, 4.69) is 0 Å². The Kier molecular flexibility index (Phi) is 3.73. The normalized spacial score (nSPS) is 12.1. The van der Waals surface area contributed by atoms with Gasteiger partial charge in [-0.15, -0.1) is 0 Å². The number of nitrogens with zero attached hydrogens (tertiary/aromatic N) is 1. The number of benzene rings is 1. The monoisotopic (exact) mass is 267 g/mol. The summed E-state index contributed by atoms with van der Waals surface area (Å²) in [4.78, 5) is 0. The summed E-state index contributed by atoms with van der Waals surface area (Å²) in [6, 6.07) is 7.60. The van der Waals surface area contributed by atoms with Gasteiger partial charge in [-0.1, -0.05) is 19.1 Å². The van der Waals surface area contributed by atoms with Crippen molar-refractivity contribution in [3.8, 4) is 0 Å². The number of aryl methyl sites for hydroxylation is 1. The van der Waals surface area contributed by atoms with E-state index in [-0.39, 0.29) is 18.1 Å². The topological polar surface area (TPSA) is 59.3 Å². The van der Waals surface area contributed by atoms with Gasteiger partial charge >= 0.3 is 0 Å². The molecule has 0 aliphatic rings. The zero-order valence-electron chi connectivity index (χ0n) is 10.3. The van der Waals surface area contributed by atoms with Crippen molar-refractivity contribution >= 4 is 20.7 Å². The maximum atomic E-state index is 11.5. The van der Waals surface area contributed by atoms with Crippen LogP contribution in [0.5, 0.6) is 0 Å². The maximum Gasteiger partial charge on any atom is 0.151 e. The number of rotatable bonds is 5. The molecule has 0 radical (unpaired) electrons. The summed E-state index contributed by atoms with van der Waals surface area (Å²) < 4.78 is 24.9. The average Bonchev–Trinajstić information content (AvgIpc) is 2.79. The van der Waals surface area contributed by atoms with E-state index in [0.29, 0.717) is 6.54 Å². The first kappa shape index (κ1) is 13.1. The number of aliphatic hydroxyl groups is 1. The van der Waals surface area contributed by atoms with Gasteiger partial charge in [-0.3, -0.25) is 0 Å². The summed E-state index contributed by atoms with van der Waals surface area (Å²) in [5.74, 6) is 0.324. The lowest BCUT2D eigenvalue weighted by Crippen LogP contribution is -2.14. The molecule has 18 heavy (non-hydrogen) atoms. The number of fused-ring (bicyclic) bond motifs is 1. The quantitative estimate of drug-likeness (QED) is 0.894. The predicted octanol–water partition coefficient (Wildman–Crippen LogP) is 1.57. The molecule has 0 fully saturated rings. The minimum absolute atomic E-state index is 0.00535. The Morgan fingerprint density at radius 3 is 2.72 bits per heavy atom. The molecule has 1 aromatic heterocycles. The van der Waals surface area contributed by atoms with Crippen molar-refractivity contribution in [2.45, 2.75) is 20.1 Å². The van der Waals surface area contributed by atoms with Crippen LogP contribution in [0.25, 0.3) is 10.9 Å². The summed E-state index contributed by atoms with van der Waals surface area (Å²) in [5, 5.41) is 10.2. The molecule has 98 valence electrons. The molecule has 0 atom stereocenters. The molecule has 2 rings (SSSR count). The molecular weight excluding hydrogens is 250 g/mol. The zero-order chi connectivity index (χ0) is 13.2. The largest absolute Gasteiger partial charge is 0.392 e. The van der Waals surface area contributed by atoms with Crippen LogP contribution < -0.4 is 0 Å². The van der Waals surface area contributed by atoms with E-state index in [1.54, 1.807) is 6.92 Å². The van der Waals surface area contributed by atoms with Crippen molar-refractivity contribution in [2.75, 3.05) is 11.5 Å². The third-order valence-electron chi connectivity index (χ3n) is 3.16. The second kappa shape index (κ2) is 5.12. The lowest BCUT2D eigenvalue weighted by Gasteiger charge is -2.06. The second-order valence-corrected chi connectivity index (χ2v) is 6.73. The molecule has 4 nitrogen and oxygen atoms in total. The minimum Gasteiger partial charge on any atom is -0.392 e. The highest BCUT2D eigenvalue weighted by Crippen LogP contribution is 2.20. The van der Waals surface area contributed by atoms with Crippen LogP contribution in [0.3, 0.4) is 0 Å². The highest BCUT2D eigenvalue weighted by atomic mass is 32.2. The van der Waals surface area contributed by atoms with Crippen LogP contribution in [0.15, 0.2) is 30.5 Å². The summed E-state index contributed by atoms with van der Waals surface area (Å²) in [7, 11) is -2.95. The molecule has 0 amide bonds. The fourth-order valence-electron chi connectivity index (χ4n) is 2.00. The Morgan fingerprint density at radius 1 is 1.28 bits per heavy atom. The van der Waals surface area contributed by atoms with Crippen molar-refractivity contribution < 1.29 is 13.5 Å². The SMILES string of the molecule is CCS(=O)(=O)CCn1ccc2c(CO)cccc21. The van der Waals surface area contributed by atoms with E-state index in [9.17, 15) is 13.5 Å². The van der Waals surface area contributed by atoms with Crippen LogP contribution in [0, 0.1) is 0 Å². The molecule has 2 aromatic rings. The van der Waals surface area contributed by atoms with E-state index < -0.39 is 9.84 Å². The van der Waals surface area contributed by atoms with Gasteiger partial charge in [0.15, 0.2) is 9.84 Å². The Bertz CT molecular complexity index is 643. The van der Waals surface area contributed by atoms with Gasteiger partial charge < -0.3 is 9.67 Å². The highest BCUT2D eigenvalue weighted by Gasteiger charge is 2.09. The Hall–Kier alpha value is -1.33. The van der Waals surface area contributed by atoms with Crippen molar-refractivity contribution in [1.29, 1.82) is 0 Å². The fraction of sp³-hybridized carbons (Fsp3) is 0.385. The first-order valence-electron chi connectivity index (χ1n) is 5.95. The van der Waals surface area contributed by atoms with Crippen molar-refractivity contribution in [3.63, 3.8) is 0 Å². The molecule has 0 spiro atoms. The number of aromatic nitrogens is 1. The third kappa shape index (κ3) is 2.57. The molecule has 0 saturated carbocycles. The smallest absolute Gasteiger partial charge is 0.151 e. The predicted molar refractivity (Wildman–Crippen MR) is 72.2 cm³/mol. The minimum atomic E-state index is -2.95. The number of hydrogen-bond acceptors (Lipinski definition) is 3. The Labute approximate surface area is 107 Å². The summed E-state index contributed by atoms with van der Waals surface area (Å²) in [6.07, 6.45) is 1.87.